The smallest absolute Gasteiger partial charge is 0.0229 e. The Hall–Kier alpha value is 0.941. The minimum absolute atomic E-state index is 0.398. The van der Waals surface area contributed by atoms with Gasteiger partial charge in [0, 0.05) is 14.5 Å². The van der Waals surface area contributed by atoms with E-state index < -0.39 is 0 Å². The largest absolute Gasteiger partial charge is 0.131 e. The van der Waals surface area contributed by atoms with E-state index in [1.807, 2.05) is 0 Å². The maximum Gasteiger partial charge on any atom is 0.0229 e. The lowest BCUT2D eigenvalue weighted by atomic mass is 11.9. The Morgan fingerprint density at radius 3 is 2.40 bits per heavy atom. The Morgan fingerprint density at radius 1 is 1.80 bits per heavy atom. The van der Waals surface area contributed by atoms with Crippen molar-refractivity contribution in [2.75, 3.05) is 5.50 Å². The summed E-state index contributed by atoms with van der Waals surface area (Å²) in [6.07, 6.45) is 0. The van der Waals surface area contributed by atoms with Crippen molar-refractivity contribution in [2.24, 2.45) is 0 Å². The molecule has 0 aromatic heterocycles. The van der Waals surface area contributed by atoms with Crippen molar-refractivity contribution in [1.29, 1.82) is 0 Å². The molecule has 0 heterocycles. The number of hydrogen-bond donors (Lipinski definition) is 0. The van der Waals surface area contributed by atoms with Crippen LogP contribution in [0.4, 0.5) is 0 Å². The van der Waals surface area contributed by atoms with Crippen LogP contribution < -0.4 is 0 Å². The van der Waals surface area contributed by atoms with E-state index in [9.17, 15) is 0 Å². The van der Waals surface area contributed by atoms with Crippen molar-refractivity contribution in [3.05, 3.63) is 0 Å². The first-order valence-corrected chi connectivity index (χ1v) is 13.2. The molecule has 0 aliphatic heterocycles. The topological polar surface area (TPSA) is 0 Å². The fourth-order valence-corrected chi connectivity index (χ4v) is 10.8. The van der Waals surface area contributed by atoms with E-state index in [-0.39, 0.29) is 0 Å². The van der Waals surface area contributed by atoms with Crippen LogP contribution in [0, 0.1) is 0 Å². The van der Waals surface area contributed by atoms with E-state index in [2.05, 4.69) is 0 Å². The van der Waals surface area contributed by atoms with Crippen LogP contribution >= 0.6 is 11.6 Å². The van der Waals surface area contributed by atoms with Gasteiger partial charge in [0.1, 0.15) is 0 Å². The van der Waals surface area contributed by atoms with Crippen LogP contribution in [0.5, 0.6) is 0 Å². The monoisotopic (exact) mass is 140 g/mol. The molecule has 0 N–H and O–H groups in total. The van der Waals surface area contributed by atoms with Gasteiger partial charge in [-0.25, -0.2) is 0 Å². The molecule has 4 heteroatoms. The van der Waals surface area contributed by atoms with Gasteiger partial charge in [-0.15, -0.1) is 11.6 Å². The standard InChI is InChI=1S/CH9ClSi3/c2-1-4-5-3/h1,4-5H2,3H3. The van der Waals surface area contributed by atoms with Crippen molar-refractivity contribution in [2.45, 2.75) is 0 Å². The average Bonchev–Trinajstić information content (AvgIpc) is 1.41. The summed E-state index contributed by atoms with van der Waals surface area (Å²) in [6.45, 7) is 0. The Morgan fingerprint density at radius 2 is 2.40 bits per heavy atom. The van der Waals surface area contributed by atoms with Gasteiger partial charge in [-0.3, -0.25) is 0 Å². The van der Waals surface area contributed by atoms with Gasteiger partial charge in [-0.2, -0.15) is 0 Å². The molecule has 32 valence electrons. The molecule has 0 aliphatic rings. The summed E-state index contributed by atoms with van der Waals surface area (Å²) in [4.78, 5) is 0. The molecule has 5 heavy (non-hydrogen) atoms. The van der Waals surface area contributed by atoms with E-state index in [0.29, 0.717) is 17.6 Å². The molecule has 0 saturated carbocycles. The SMILES string of the molecule is [SiH3][SiH2][SiH2]CCl. The van der Waals surface area contributed by atoms with Crippen LogP contribution in [0.3, 0.4) is 0 Å². The normalized spacial score (nSPS) is 13.8. The second-order valence-corrected chi connectivity index (χ2v) is 18.4. The van der Waals surface area contributed by atoms with Crippen LogP contribution in [0.2, 0.25) is 0 Å². The number of rotatable bonds is 2. The summed E-state index contributed by atoms with van der Waals surface area (Å²) >= 11 is 5.42. The lowest BCUT2D eigenvalue weighted by Gasteiger charge is -1.74. The molecular formula is CH9ClSi3. The van der Waals surface area contributed by atoms with E-state index >= 15 is 0 Å². The zero-order chi connectivity index (χ0) is 4.12. The molecule has 0 saturated heterocycles. The van der Waals surface area contributed by atoms with Crippen molar-refractivity contribution < 1.29 is 0 Å². The molecule has 0 nitrogen and oxygen atoms in total. The predicted molar refractivity (Wildman–Crippen MR) is 37.7 cm³/mol. The predicted octanol–water partition coefficient (Wildman–Crippen LogP) is -2.28. The molecule has 0 radical (unpaired) electrons. The fourth-order valence-electron chi connectivity index (χ4n) is 0.134. The van der Waals surface area contributed by atoms with E-state index in [1.54, 1.807) is 0 Å². The molecule has 0 spiro atoms. The zero-order valence-corrected chi connectivity index (χ0v) is 9.08. The highest BCUT2D eigenvalue weighted by Gasteiger charge is 1.73. The molecule has 0 aromatic carbocycles. The van der Waals surface area contributed by atoms with Crippen LogP contribution in [0.1, 0.15) is 0 Å². The molecule has 0 aromatic rings. The van der Waals surface area contributed by atoms with Crippen molar-refractivity contribution >= 4 is 39.0 Å². The first-order chi connectivity index (χ1) is 2.41. The summed E-state index contributed by atoms with van der Waals surface area (Å²) < 4.78 is 0. The van der Waals surface area contributed by atoms with Crippen molar-refractivity contribution in [3.63, 3.8) is 0 Å². The Labute approximate surface area is 44.9 Å². The average molecular weight is 141 g/mol. The molecule has 0 atom stereocenters. The first kappa shape index (κ1) is 5.94. The third-order valence-corrected chi connectivity index (χ3v) is 13.2. The summed E-state index contributed by atoms with van der Waals surface area (Å²) in [7, 11) is 2.47. The van der Waals surface area contributed by atoms with Gasteiger partial charge < -0.3 is 0 Å². The van der Waals surface area contributed by atoms with Gasteiger partial charge in [0.15, 0.2) is 0 Å². The fraction of sp³-hybridized carbons (Fsp3) is 1.00. The van der Waals surface area contributed by atoms with Gasteiger partial charge in [-0.1, -0.05) is 0 Å². The van der Waals surface area contributed by atoms with Crippen molar-refractivity contribution in [1.82, 2.24) is 0 Å². The Bertz CT molecular complexity index is 14.4. The Kier molecular flexibility index (Phi) is 5.87. The van der Waals surface area contributed by atoms with Gasteiger partial charge in [-0.05, 0) is 18.3 Å². The number of hydrogen-bond acceptors (Lipinski definition) is 0. The highest BCUT2D eigenvalue weighted by atomic mass is 35.5. The van der Waals surface area contributed by atoms with Crippen LogP contribution in [-0.2, 0) is 0 Å². The quantitative estimate of drug-likeness (QED) is 0.300. The summed E-state index contributed by atoms with van der Waals surface area (Å²) in [5.74, 6) is 0. The van der Waals surface area contributed by atoms with E-state index in [4.69, 9.17) is 11.6 Å². The maximum absolute atomic E-state index is 5.42. The molecular weight excluding hydrogens is 132 g/mol. The maximum atomic E-state index is 5.42. The molecule has 0 fully saturated rings. The third kappa shape index (κ3) is 4.94. The van der Waals surface area contributed by atoms with Gasteiger partial charge >= 0.3 is 0 Å². The molecule has 0 amide bonds. The van der Waals surface area contributed by atoms with Crippen LogP contribution in [0.25, 0.3) is 0 Å². The van der Waals surface area contributed by atoms with E-state index in [1.165, 1.54) is 9.76 Å². The van der Waals surface area contributed by atoms with E-state index in [0.717, 1.165) is 5.50 Å². The molecule has 0 unspecified atom stereocenters. The van der Waals surface area contributed by atoms with Crippen LogP contribution in [0.15, 0.2) is 0 Å². The molecule has 0 bridgehead atoms. The summed E-state index contributed by atoms with van der Waals surface area (Å²) in [5, 5.41) is 0. The van der Waals surface area contributed by atoms with Gasteiger partial charge in [0.2, 0.25) is 0 Å². The highest BCUT2D eigenvalue weighted by molar-refractivity contribution is 7.24. The lowest BCUT2D eigenvalue weighted by Crippen LogP contribution is -2.03. The number of halogens is 1. The highest BCUT2D eigenvalue weighted by Crippen LogP contribution is 1.62. The summed E-state index contributed by atoms with van der Waals surface area (Å²) in [5.41, 5.74) is 1.05. The second-order valence-electron chi connectivity index (χ2n) is 1.04. The minimum Gasteiger partial charge on any atom is -0.131 e. The van der Waals surface area contributed by atoms with Gasteiger partial charge in [0.05, 0.1) is 0 Å². The second kappa shape index (κ2) is 4.94. The first-order valence-electron chi connectivity index (χ1n) is 1.97. The summed E-state index contributed by atoms with van der Waals surface area (Å²) in [6, 6.07) is 0. The minimum atomic E-state index is 0.398. The Balaban J connectivity index is 2.19. The number of alkyl halides is 1. The van der Waals surface area contributed by atoms with Crippen LogP contribution in [-0.4, -0.2) is 32.9 Å². The van der Waals surface area contributed by atoms with Crippen molar-refractivity contribution in [3.8, 4) is 0 Å². The lowest BCUT2D eigenvalue weighted by molar-refractivity contribution is 2.18. The molecule has 0 aliphatic carbocycles. The molecule has 0 rings (SSSR count). The third-order valence-electron chi connectivity index (χ3n) is 0.487. The van der Waals surface area contributed by atoms with Gasteiger partial charge in [0.25, 0.3) is 0 Å². The zero-order valence-electron chi connectivity index (χ0n) is 3.50.